The second-order valence-electron chi connectivity index (χ2n) is 5.17. The molecule has 0 saturated carbocycles. The summed E-state index contributed by atoms with van der Waals surface area (Å²) in [6.45, 7) is 0. The number of rotatable bonds is 4. The van der Waals surface area contributed by atoms with E-state index in [0.29, 0.717) is 0 Å². The fourth-order valence-corrected chi connectivity index (χ4v) is 2.36. The van der Waals surface area contributed by atoms with Crippen LogP contribution in [0, 0.1) is 5.82 Å². The first-order chi connectivity index (χ1) is 10.6. The molecule has 0 atom stereocenters. The number of benzene rings is 2. The number of aromatic nitrogens is 3. The minimum Gasteiger partial charge on any atom is -0.314 e. The van der Waals surface area contributed by atoms with Crippen LogP contribution in [0.5, 0.6) is 0 Å². The van der Waals surface area contributed by atoms with E-state index in [1.54, 1.807) is 12.1 Å². The Labute approximate surface area is 141 Å². The largest absolute Gasteiger partial charge is 0.314 e. The zero-order chi connectivity index (χ0) is 15.5. The van der Waals surface area contributed by atoms with Crippen LogP contribution in [0.3, 0.4) is 0 Å². The van der Waals surface area contributed by atoms with E-state index in [1.165, 1.54) is 17.7 Å². The van der Waals surface area contributed by atoms with Crippen LogP contribution in [-0.2, 0) is 13.5 Å². The van der Waals surface area contributed by atoms with E-state index in [4.69, 9.17) is 0 Å². The second kappa shape index (κ2) is 7.24. The summed E-state index contributed by atoms with van der Waals surface area (Å²) >= 11 is 0. The smallest absolute Gasteiger partial charge is 0.231 e. The van der Waals surface area contributed by atoms with Crippen LogP contribution >= 0.6 is 12.4 Å². The predicted molar refractivity (Wildman–Crippen MR) is 92.0 cm³/mol. The summed E-state index contributed by atoms with van der Waals surface area (Å²) in [5.74, 6) is 1.35. The molecule has 0 aliphatic rings. The molecule has 6 heteroatoms. The summed E-state index contributed by atoms with van der Waals surface area (Å²) in [7, 11) is 3.83. The van der Waals surface area contributed by atoms with Crippen molar-refractivity contribution < 1.29 is 4.39 Å². The highest BCUT2D eigenvalue weighted by molar-refractivity contribution is 5.85. The van der Waals surface area contributed by atoms with Crippen molar-refractivity contribution in [2.75, 3.05) is 11.9 Å². The fourth-order valence-electron chi connectivity index (χ4n) is 2.36. The van der Waals surface area contributed by atoms with Crippen molar-refractivity contribution in [2.45, 2.75) is 6.42 Å². The van der Waals surface area contributed by atoms with Gasteiger partial charge in [0, 0.05) is 26.2 Å². The quantitative estimate of drug-likeness (QED) is 0.730. The van der Waals surface area contributed by atoms with E-state index in [1.807, 2.05) is 41.8 Å². The van der Waals surface area contributed by atoms with Gasteiger partial charge < -0.3 is 4.90 Å². The van der Waals surface area contributed by atoms with Gasteiger partial charge in [0.25, 0.3) is 0 Å². The molecule has 0 spiro atoms. The van der Waals surface area contributed by atoms with Crippen LogP contribution in [0.25, 0.3) is 0 Å². The van der Waals surface area contributed by atoms with Gasteiger partial charge in [-0.2, -0.15) is 0 Å². The van der Waals surface area contributed by atoms with Gasteiger partial charge in [-0.25, -0.2) is 4.39 Å². The second-order valence-corrected chi connectivity index (χ2v) is 5.17. The van der Waals surface area contributed by atoms with Gasteiger partial charge in [-0.05, 0) is 29.8 Å². The maximum Gasteiger partial charge on any atom is 0.231 e. The first-order valence-electron chi connectivity index (χ1n) is 7.06. The Hall–Kier alpha value is -2.40. The molecule has 0 bridgehead atoms. The third-order valence-electron chi connectivity index (χ3n) is 3.66. The summed E-state index contributed by atoms with van der Waals surface area (Å²) < 4.78 is 15.0. The molecule has 3 rings (SSSR count). The van der Waals surface area contributed by atoms with E-state index < -0.39 is 0 Å². The van der Waals surface area contributed by atoms with E-state index in [9.17, 15) is 4.39 Å². The SMILES string of the molecule is CN(c1ccc(F)cc1)c1nnc(Cc2ccccc2)n1C.Cl. The molecule has 0 aliphatic heterocycles. The van der Waals surface area contributed by atoms with Crippen LogP contribution in [0.15, 0.2) is 54.6 Å². The first kappa shape index (κ1) is 17.0. The van der Waals surface area contributed by atoms with Gasteiger partial charge in [-0.15, -0.1) is 22.6 Å². The lowest BCUT2D eigenvalue weighted by atomic mass is 10.1. The molecule has 0 unspecified atom stereocenters. The Balaban J connectivity index is 0.00000192. The monoisotopic (exact) mass is 332 g/mol. The van der Waals surface area contributed by atoms with E-state index in [0.717, 1.165) is 23.9 Å². The number of anilines is 2. The molecule has 1 aromatic heterocycles. The Morgan fingerprint density at radius 3 is 2.30 bits per heavy atom. The third-order valence-corrected chi connectivity index (χ3v) is 3.66. The maximum absolute atomic E-state index is 13.0. The molecule has 0 aliphatic carbocycles. The average molecular weight is 333 g/mol. The summed E-state index contributed by atoms with van der Waals surface area (Å²) in [4.78, 5) is 1.89. The van der Waals surface area contributed by atoms with E-state index >= 15 is 0 Å². The Kier molecular flexibility index (Phi) is 5.34. The fraction of sp³-hybridized carbons (Fsp3) is 0.176. The zero-order valence-corrected chi connectivity index (χ0v) is 13.8. The first-order valence-corrected chi connectivity index (χ1v) is 7.06. The molecular formula is C17H18ClFN4. The lowest BCUT2D eigenvalue weighted by Crippen LogP contribution is -2.15. The lowest BCUT2D eigenvalue weighted by Gasteiger charge is -2.17. The third kappa shape index (κ3) is 3.68. The van der Waals surface area contributed by atoms with Gasteiger partial charge >= 0.3 is 0 Å². The molecule has 4 nitrogen and oxygen atoms in total. The highest BCUT2D eigenvalue weighted by atomic mass is 35.5. The van der Waals surface area contributed by atoms with Gasteiger partial charge in [-0.3, -0.25) is 4.57 Å². The summed E-state index contributed by atoms with van der Waals surface area (Å²) in [5, 5.41) is 8.53. The predicted octanol–water partition coefficient (Wildman–Crippen LogP) is 3.73. The van der Waals surface area contributed by atoms with Crippen molar-refractivity contribution in [2.24, 2.45) is 7.05 Å². The van der Waals surface area contributed by atoms with E-state index in [2.05, 4.69) is 22.3 Å². The molecule has 0 saturated heterocycles. The molecular weight excluding hydrogens is 315 g/mol. The maximum atomic E-state index is 13.0. The van der Waals surface area contributed by atoms with Crippen LogP contribution in [0.4, 0.5) is 16.0 Å². The molecule has 0 amide bonds. The Morgan fingerprint density at radius 2 is 1.65 bits per heavy atom. The van der Waals surface area contributed by atoms with Crippen molar-refractivity contribution >= 4 is 24.0 Å². The highest BCUT2D eigenvalue weighted by Crippen LogP contribution is 2.22. The normalized spacial score (nSPS) is 10.2. The number of hydrogen-bond acceptors (Lipinski definition) is 3. The van der Waals surface area contributed by atoms with Crippen molar-refractivity contribution in [3.63, 3.8) is 0 Å². The lowest BCUT2D eigenvalue weighted by molar-refractivity contribution is 0.628. The van der Waals surface area contributed by atoms with Crippen molar-refractivity contribution in [3.8, 4) is 0 Å². The molecule has 1 heterocycles. The minimum absolute atomic E-state index is 0. The Morgan fingerprint density at radius 1 is 1.00 bits per heavy atom. The van der Waals surface area contributed by atoms with Gasteiger partial charge in [0.05, 0.1) is 0 Å². The number of halogens is 2. The molecule has 0 fully saturated rings. The van der Waals surface area contributed by atoms with Crippen LogP contribution in [0.2, 0.25) is 0 Å². The van der Waals surface area contributed by atoms with E-state index in [-0.39, 0.29) is 18.2 Å². The molecule has 0 N–H and O–H groups in total. The van der Waals surface area contributed by atoms with Gasteiger partial charge in [-0.1, -0.05) is 30.3 Å². The molecule has 120 valence electrons. The molecule has 0 radical (unpaired) electrons. The van der Waals surface area contributed by atoms with Crippen LogP contribution in [0.1, 0.15) is 11.4 Å². The van der Waals surface area contributed by atoms with Crippen molar-refractivity contribution in [3.05, 3.63) is 71.8 Å². The van der Waals surface area contributed by atoms with Gasteiger partial charge in [0.2, 0.25) is 5.95 Å². The highest BCUT2D eigenvalue weighted by Gasteiger charge is 2.14. The minimum atomic E-state index is -0.250. The number of hydrogen-bond donors (Lipinski definition) is 0. The van der Waals surface area contributed by atoms with Gasteiger partial charge in [0.15, 0.2) is 0 Å². The zero-order valence-electron chi connectivity index (χ0n) is 13.0. The summed E-state index contributed by atoms with van der Waals surface area (Å²) in [6, 6.07) is 16.5. The standard InChI is InChI=1S/C17H17FN4.ClH/c1-21(15-10-8-14(18)9-11-15)17-20-19-16(22(17)2)12-13-6-4-3-5-7-13;/h3-11H,12H2,1-2H3;1H. The molecule has 23 heavy (non-hydrogen) atoms. The average Bonchev–Trinajstić information content (AvgIpc) is 2.89. The van der Waals surface area contributed by atoms with Crippen molar-refractivity contribution in [1.82, 2.24) is 14.8 Å². The molecule has 2 aromatic carbocycles. The summed E-state index contributed by atoms with van der Waals surface area (Å²) in [5.41, 5.74) is 2.05. The Bertz CT molecular complexity index is 756. The van der Waals surface area contributed by atoms with Crippen molar-refractivity contribution in [1.29, 1.82) is 0 Å². The van der Waals surface area contributed by atoms with Gasteiger partial charge in [0.1, 0.15) is 11.6 Å². The molecule has 3 aromatic rings. The number of nitrogens with zero attached hydrogens (tertiary/aromatic N) is 4. The summed E-state index contributed by atoms with van der Waals surface area (Å²) in [6.07, 6.45) is 0.724. The van der Waals surface area contributed by atoms with Crippen LogP contribution < -0.4 is 4.90 Å². The topological polar surface area (TPSA) is 34.0 Å². The van der Waals surface area contributed by atoms with Crippen LogP contribution in [-0.4, -0.2) is 21.8 Å².